The second-order valence-electron chi connectivity index (χ2n) is 27.1. The zero-order valence-corrected chi connectivity index (χ0v) is 59.8. The van der Waals surface area contributed by atoms with Crippen LogP contribution in [0, 0.1) is 17.8 Å². The van der Waals surface area contributed by atoms with Gasteiger partial charge in [0, 0.05) is 56.1 Å². The summed E-state index contributed by atoms with van der Waals surface area (Å²) >= 11 is 0. The highest BCUT2D eigenvalue weighted by Crippen LogP contribution is 2.27. The fourth-order valence-electron chi connectivity index (χ4n) is 11.4. The van der Waals surface area contributed by atoms with Crippen LogP contribution in [0.1, 0.15) is 176 Å². The van der Waals surface area contributed by atoms with Crippen molar-refractivity contribution in [3.8, 4) is 0 Å². The summed E-state index contributed by atoms with van der Waals surface area (Å²) in [6, 6.07) is 0.590. The summed E-state index contributed by atoms with van der Waals surface area (Å²) in [4.78, 5) is 34.4. The Morgan fingerprint density at radius 1 is 0.560 bits per heavy atom. The van der Waals surface area contributed by atoms with Gasteiger partial charge in [0.25, 0.3) is 0 Å². The molecule has 2 fully saturated rings. The van der Waals surface area contributed by atoms with Gasteiger partial charge in [0.2, 0.25) is 5.91 Å². The van der Waals surface area contributed by atoms with Gasteiger partial charge in [0.1, 0.15) is 35.6 Å². The van der Waals surface area contributed by atoms with Gasteiger partial charge in [0.15, 0.2) is 12.1 Å². The number of carbonyl (C=O) groups is 3. The first kappa shape index (κ1) is 90.6. The number of ketones is 2. The van der Waals surface area contributed by atoms with E-state index in [-0.39, 0.29) is 118 Å². The molecule has 0 aromatic rings. The summed E-state index contributed by atoms with van der Waals surface area (Å²) in [5.41, 5.74) is -0.0184. The van der Waals surface area contributed by atoms with Gasteiger partial charge in [-0.15, -0.1) is 0 Å². The van der Waals surface area contributed by atoms with E-state index in [0.717, 1.165) is 25.8 Å². The number of carbonyl (C=O) groups excluding carboxylic acids is 3. The molecule has 17 N–H and O–H groups in total. The summed E-state index contributed by atoms with van der Waals surface area (Å²) in [5.74, 6) is -1.38. The van der Waals surface area contributed by atoms with Gasteiger partial charge in [0.05, 0.1) is 79.4 Å². The van der Waals surface area contributed by atoms with E-state index in [4.69, 9.17) is 9.47 Å². The van der Waals surface area contributed by atoms with E-state index in [1.807, 2.05) is 107 Å². The van der Waals surface area contributed by atoms with E-state index in [2.05, 4.69) is 10.6 Å². The maximum Gasteiger partial charge on any atom is 0.248 e. The molecule has 1 amide bonds. The molecule has 566 valence electrons. The summed E-state index contributed by atoms with van der Waals surface area (Å²) < 4.78 is 11.5. The van der Waals surface area contributed by atoms with Crippen LogP contribution in [0.3, 0.4) is 0 Å². The van der Waals surface area contributed by atoms with Crippen LogP contribution in [0.4, 0.5) is 0 Å². The molecular formula is C78H124N2O20. The van der Waals surface area contributed by atoms with E-state index in [0.29, 0.717) is 18.9 Å². The molecule has 2 aliphatic carbocycles. The number of nitrogens with one attached hydrogen (secondary N) is 2. The first-order valence-corrected chi connectivity index (χ1v) is 35.9. The first-order chi connectivity index (χ1) is 47.6. The molecule has 100 heavy (non-hydrogen) atoms. The number of aliphatic hydroxyl groups excluding tert-OH is 15. The highest BCUT2D eigenvalue weighted by Gasteiger charge is 2.43. The molecule has 19 atom stereocenters. The number of Topliss-reactive ketones (excluding diaryl/α,β-unsaturated/α-hetero) is 2. The van der Waals surface area contributed by atoms with Crippen LogP contribution in [0.2, 0.25) is 0 Å². The lowest BCUT2D eigenvalue weighted by Gasteiger charge is -2.40. The van der Waals surface area contributed by atoms with Crippen molar-refractivity contribution in [3.63, 3.8) is 0 Å². The summed E-state index contributed by atoms with van der Waals surface area (Å²) in [7, 11) is 0. The molecule has 22 nitrogen and oxygen atoms in total. The van der Waals surface area contributed by atoms with Crippen molar-refractivity contribution in [2.24, 2.45) is 17.8 Å². The van der Waals surface area contributed by atoms with Crippen molar-refractivity contribution in [2.75, 3.05) is 6.54 Å². The third-order valence-corrected chi connectivity index (χ3v) is 17.4. The Morgan fingerprint density at radius 3 is 1.65 bits per heavy atom. The van der Waals surface area contributed by atoms with Gasteiger partial charge in [-0.05, 0) is 110 Å². The summed E-state index contributed by atoms with van der Waals surface area (Å²) in [6.45, 7) is 11.6. The fraction of sp³-hybridized carbons (Fsp3) is 0.628. The summed E-state index contributed by atoms with van der Waals surface area (Å²) in [6.07, 6.45) is 37.7. The molecule has 0 radical (unpaired) electrons. The standard InChI is InChI=1S/C45H63NO10.C33H61NO10/c1-31(2)38(56-45-44(54)43(53)42(52)34(5)55-45)27-23-19-15-11-8-10-14-18-22-26-35(47)33(4)41(51)32(3)25-21-17-13-9-6-7-12-16-20-24-28-39(50)46-40-36(48)29-30-37(40)49;1-23(35)16-30(41)21-31(42)18-26(37)12-6-13-28(39)20-33(44)22-32(43)19-27(38)11-5-10-25(36)17-29(40)14-7-15-34-24-8-3-2-4-9-24/h6-12,14-16,18-26,28,31-35,38,41-45,47-48,51-54H,13,17,27,29-30H2,1-5H3,(H,46,50);5-6,11-12,24-34,36-44H,2-4,7-10,13-22H2,1H3/b9-6+,10-8+,12-7+,15-11+,18-14+,20-16+,23-19+,25-21+,26-22+,28-24+;11-5+,12-6+. The van der Waals surface area contributed by atoms with Gasteiger partial charge in [-0.3, -0.25) is 14.4 Å². The smallest absolute Gasteiger partial charge is 0.248 e. The van der Waals surface area contributed by atoms with Gasteiger partial charge in [-0.2, -0.15) is 0 Å². The number of ether oxygens (including phenoxy) is 2. The number of amides is 1. The van der Waals surface area contributed by atoms with E-state index in [9.17, 15) is 91.0 Å². The Labute approximate surface area is 594 Å². The van der Waals surface area contributed by atoms with E-state index in [1.165, 1.54) is 63.3 Å². The molecule has 1 heterocycles. The van der Waals surface area contributed by atoms with Crippen LogP contribution in [0.25, 0.3) is 0 Å². The minimum absolute atomic E-state index is 0.0184. The zero-order chi connectivity index (χ0) is 74.4. The van der Waals surface area contributed by atoms with Crippen molar-refractivity contribution in [1.82, 2.24) is 10.6 Å². The average Bonchev–Trinajstić information content (AvgIpc) is 0.980. The van der Waals surface area contributed by atoms with Crippen molar-refractivity contribution in [1.29, 1.82) is 0 Å². The minimum Gasteiger partial charge on any atom is -0.510 e. The molecule has 19 unspecified atom stereocenters. The predicted octanol–water partition coefficient (Wildman–Crippen LogP) is 6.98. The highest BCUT2D eigenvalue weighted by molar-refractivity contribution is 6.03. The monoisotopic (exact) mass is 1410 g/mol. The lowest BCUT2D eigenvalue weighted by Crippen LogP contribution is -2.58. The van der Waals surface area contributed by atoms with Crippen LogP contribution in [-0.2, 0) is 23.9 Å². The predicted molar refractivity (Wildman–Crippen MR) is 388 cm³/mol. The van der Waals surface area contributed by atoms with Crippen molar-refractivity contribution in [3.05, 3.63) is 157 Å². The summed E-state index contributed by atoms with van der Waals surface area (Å²) in [5, 5.41) is 158. The molecular weight excluding hydrogens is 1280 g/mol. The third kappa shape index (κ3) is 42.2. The fourth-order valence-corrected chi connectivity index (χ4v) is 11.4. The average molecular weight is 1410 g/mol. The van der Waals surface area contributed by atoms with Gasteiger partial charge in [-0.25, -0.2) is 0 Å². The normalized spacial score (nSPS) is 23.8. The second-order valence-corrected chi connectivity index (χ2v) is 27.1. The number of rotatable bonds is 47. The molecule has 3 aliphatic rings. The number of hydrogen-bond donors (Lipinski definition) is 17. The number of hydrogen-bond acceptors (Lipinski definition) is 21. The SMILES string of the molecule is CC(=O)CC(O)CC(O)CC(O)/C=C/CC(O)CC(O)CC(O)CC(O)/C=C/CC(O)CC(O)CCCNC1CCCCC1.CC(C)C(C/C=C/C=C/C=C/C=C/C=C/C(O)C(C)C(O)C(C)/C=C/CC/C=C/C=C/C=C/C=C/C(=O)NC1=C(O)CCC1=O)OC1OC(C)C(O)C(O)C1O. The molecule has 0 aromatic heterocycles. The Hall–Kier alpha value is -5.45. The highest BCUT2D eigenvalue weighted by atomic mass is 16.7. The van der Waals surface area contributed by atoms with Crippen LogP contribution in [0.5, 0.6) is 0 Å². The topological polar surface area (TPSA) is 397 Å². The van der Waals surface area contributed by atoms with Crippen LogP contribution < -0.4 is 10.6 Å². The van der Waals surface area contributed by atoms with Gasteiger partial charge < -0.3 is 96.7 Å². The van der Waals surface area contributed by atoms with Crippen LogP contribution in [0.15, 0.2) is 157 Å². The van der Waals surface area contributed by atoms with Crippen LogP contribution >= 0.6 is 0 Å². The van der Waals surface area contributed by atoms with E-state index in [1.54, 1.807) is 49.5 Å². The van der Waals surface area contributed by atoms with Crippen LogP contribution in [-0.4, -0.2) is 211 Å². The quantitative estimate of drug-likeness (QED) is 0.0126. The Bertz CT molecular complexity index is 2670. The Balaban J connectivity index is 0.000000701. The number of unbranched alkanes of at least 4 members (excludes halogenated alkanes) is 1. The molecule has 1 saturated heterocycles. The molecule has 1 saturated carbocycles. The van der Waals surface area contributed by atoms with Crippen molar-refractivity contribution in [2.45, 2.75) is 286 Å². The maximum atomic E-state index is 11.9. The maximum absolute atomic E-state index is 11.9. The largest absolute Gasteiger partial charge is 0.510 e. The third-order valence-electron chi connectivity index (χ3n) is 17.4. The van der Waals surface area contributed by atoms with Crippen molar-refractivity contribution < 1.29 is 100 Å². The second kappa shape index (κ2) is 53.4. The molecule has 1 aliphatic heterocycles. The molecule has 0 spiro atoms. The lowest BCUT2D eigenvalue weighted by molar-refractivity contribution is -0.306. The van der Waals surface area contributed by atoms with E-state index < -0.39 is 104 Å². The Morgan fingerprint density at radius 2 is 1.08 bits per heavy atom. The number of allylic oxidation sites excluding steroid dienone is 18. The molecule has 0 aromatic carbocycles. The van der Waals surface area contributed by atoms with Crippen molar-refractivity contribution >= 4 is 17.5 Å². The first-order valence-electron chi connectivity index (χ1n) is 35.9. The molecule has 22 heteroatoms. The molecule has 0 bridgehead atoms. The minimum atomic E-state index is -1.33. The van der Waals surface area contributed by atoms with Gasteiger partial charge in [-0.1, -0.05) is 187 Å². The van der Waals surface area contributed by atoms with E-state index >= 15 is 0 Å². The van der Waals surface area contributed by atoms with Gasteiger partial charge >= 0.3 is 0 Å². The lowest BCUT2D eigenvalue weighted by atomic mass is 9.88. The number of aliphatic hydroxyl groups is 15. The Kier molecular flexibility index (Phi) is 48.4. The zero-order valence-electron chi connectivity index (χ0n) is 59.8. The molecule has 3 rings (SSSR count).